The summed E-state index contributed by atoms with van der Waals surface area (Å²) >= 11 is 0. The summed E-state index contributed by atoms with van der Waals surface area (Å²) in [5, 5.41) is 2.48. The molecule has 1 aromatic carbocycles. The highest BCUT2D eigenvalue weighted by atomic mass is 32.2. The molecule has 1 aliphatic heterocycles. The molecule has 1 fully saturated rings. The number of benzene rings is 1. The van der Waals surface area contributed by atoms with Gasteiger partial charge in [-0.15, -0.1) is 0 Å². The van der Waals surface area contributed by atoms with E-state index in [1.165, 1.54) is 12.1 Å². The molecule has 2 rings (SSSR count). The number of carbonyl (C=O) groups is 2. The van der Waals surface area contributed by atoms with Gasteiger partial charge in [-0.2, -0.15) is 0 Å². The lowest BCUT2D eigenvalue weighted by Gasteiger charge is -2.11. The number of amides is 1. The summed E-state index contributed by atoms with van der Waals surface area (Å²) in [6.07, 6.45) is -0.913. The highest BCUT2D eigenvalue weighted by Gasteiger charge is 2.30. The number of sulfone groups is 1. The number of hydrogen-bond donors (Lipinski definition) is 1. The average molecular weight is 327 g/mol. The second kappa shape index (κ2) is 6.78. The second-order valence-corrected chi connectivity index (χ2v) is 7.09. The minimum absolute atomic E-state index is 0.0371. The van der Waals surface area contributed by atoms with Crippen LogP contribution in [0, 0.1) is 0 Å². The van der Waals surface area contributed by atoms with Crippen molar-refractivity contribution < 1.29 is 27.5 Å². The number of carbonyl (C=O) groups excluding carboxylic acids is 2. The lowest BCUT2D eigenvalue weighted by Crippen LogP contribution is -2.19. The molecule has 7 nitrogen and oxygen atoms in total. The molecule has 1 aliphatic rings. The Morgan fingerprint density at radius 1 is 1.36 bits per heavy atom. The first-order valence-corrected chi connectivity index (χ1v) is 8.67. The van der Waals surface area contributed by atoms with Crippen molar-refractivity contribution in [2.45, 2.75) is 19.4 Å². The third-order valence-corrected chi connectivity index (χ3v) is 4.82. The van der Waals surface area contributed by atoms with Gasteiger partial charge >= 0.3 is 12.1 Å². The van der Waals surface area contributed by atoms with Gasteiger partial charge in [-0.05, 0) is 31.5 Å². The van der Waals surface area contributed by atoms with Gasteiger partial charge in [-0.25, -0.2) is 18.0 Å². The third-order valence-electron chi connectivity index (χ3n) is 3.08. The molecular weight excluding hydrogens is 310 g/mol. The van der Waals surface area contributed by atoms with Gasteiger partial charge < -0.3 is 9.47 Å². The first kappa shape index (κ1) is 16.3. The van der Waals surface area contributed by atoms with Crippen molar-refractivity contribution in [1.82, 2.24) is 0 Å². The van der Waals surface area contributed by atoms with Crippen molar-refractivity contribution in [2.24, 2.45) is 0 Å². The lowest BCUT2D eigenvalue weighted by atomic mass is 10.2. The van der Waals surface area contributed by atoms with Crippen molar-refractivity contribution >= 4 is 27.6 Å². The van der Waals surface area contributed by atoms with E-state index >= 15 is 0 Å². The summed E-state index contributed by atoms with van der Waals surface area (Å²) in [5.74, 6) is -0.718. The van der Waals surface area contributed by atoms with Crippen LogP contribution in [-0.4, -0.2) is 44.7 Å². The van der Waals surface area contributed by atoms with Crippen molar-refractivity contribution in [3.63, 3.8) is 0 Å². The minimum atomic E-state index is -3.10. The molecule has 0 spiro atoms. The molecule has 1 heterocycles. The predicted molar refractivity (Wildman–Crippen MR) is 79.6 cm³/mol. The minimum Gasteiger partial charge on any atom is -0.458 e. The Hall–Kier alpha value is -2.09. The number of nitrogens with one attached hydrogen (secondary N) is 1. The first-order valence-electron chi connectivity index (χ1n) is 6.85. The molecular formula is C14H17NO6S. The molecule has 1 amide bonds. The van der Waals surface area contributed by atoms with Crippen molar-refractivity contribution in [3.05, 3.63) is 29.8 Å². The highest BCUT2D eigenvalue weighted by Crippen LogP contribution is 2.18. The Balaban J connectivity index is 2.00. The Bertz CT molecular complexity index is 670. The predicted octanol–water partition coefficient (Wildman–Crippen LogP) is 1.60. The maximum absolute atomic E-state index is 12.0. The molecule has 120 valence electrons. The van der Waals surface area contributed by atoms with Crippen LogP contribution in [0.25, 0.3) is 0 Å². The Labute approximate surface area is 128 Å². The van der Waals surface area contributed by atoms with Crippen LogP contribution in [-0.2, 0) is 19.3 Å². The van der Waals surface area contributed by atoms with Crippen LogP contribution in [0.4, 0.5) is 10.5 Å². The van der Waals surface area contributed by atoms with Gasteiger partial charge in [0.15, 0.2) is 9.84 Å². The molecule has 1 atom stereocenters. The van der Waals surface area contributed by atoms with Crippen LogP contribution in [0.1, 0.15) is 23.7 Å². The van der Waals surface area contributed by atoms with Crippen molar-refractivity contribution in [2.75, 3.05) is 23.4 Å². The Morgan fingerprint density at radius 3 is 2.77 bits per heavy atom. The summed E-state index contributed by atoms with van der Waals surface area (Å²) in [7, 11) is -3.10. The summed E-state index contributed by atoms with van der Waals surface area (Å²) in [6.45, 7) is 1.92. The quantitative estimate of drug-likeness (QED) is 0.843. The van der Waals surface area contributed by atoms with Gasteiger partial charge in [-0.3, -0.25) is 5.32 Å². The van der Waals surface area contributed by atoms with Crippen LogP contribution in [0.5, 0.6) is 0 Å². The van der Waals surface area contributed by atoms with Gasteiger partial charge in [0.2, 0.25) is 0 Å². The zero-order chi connectivity index (χ0) is 16.2. The van der Waals surface area contributed by atoms with Crippen molar-refractivity contribution in [3.8, 4) is 0 Å². The summed E-state index contributed by atoms with van der Waals surface area (Å²) < 4.78 is 32.6. The van der Waals surface area contributed by atoms with Crippen LogP contribution in [0.15, 0.2) is 24.3 Å². The lowest BCUT2D eigenvalue weighted by molar-refractivity contribution is 0.0356. The molecule has 0 aliphatic carbocycles. The van der Waals surface area contributed by atoms with Crippen LogP contribution >= 0.6 is 0 Å². The zero-order valence-electron chi connectivity index (χ0n) is 12.1. The Morgan fingerprint density at radius 2 is 2.14 bits per heavy atom. The second-order valence-electron chi connectivity index (χ2n) is 4.86. The summed E-state index contributed by atoms with van der Waals surface area (Å²) in [5.41, 5.74) is 0.630. The van der Waals surface area contributed by atoms with E-state index in [-0.39, 0.29) is 23.7 Å². The number of anilines is 1. The van der Waals surface area contributed by atoms with E-state index in [4.69, 9.17) is 9.47 Å². The van der Waals surface area contributed by atoms with E-state index in [9.17, 15) is 18.0 Å². The SMILES string of the molecule is CCOC(=O)Nc1cccc(C(=O)O[C@@H]2CCS(=O)(=O)C2)c1. The molecule has 1 aromatic rings. The topological polar surface area (TPSA) is 98.8 Å². The van der Waals surface area contributed by atoms with Gasteiger partial charge in [-0.1, -0.05) is 6.07 Å². The number of hydrogen-bond acceptors (Lipinski definition) is 6. The molecule has 8 heteroatoms. The molecule has 0 aromatic heterocycles. The van der Waals surface area contributed by atoms with Crippen LogP contribution in [0.2, 0.25) is 0 Å². The largest absolute Gasteiger partial charge is 0.458 e. The van der Waals surface area contributed by atoms with E-state index in [0.717, 1.165) is 0 Å². The average Bonchev–Trinajstić information content (AvgIpc) is 2.78. The van der Waals surface area contributed by atoms with Crippen LogP contribution < -0.4 is 5.32 Å². The fourth-order valence-corrected chi connectivity index (χ4v) is 3.67. The summed E-state index contributed by atoms with van der Waals surface area (Å²) in [6, 6.07) is 6.17. The Kier molecular flexibility index (Phi) is 5.02. The van der Waals surface area contributed by atoms with Gasteiger partial charge in [0.05, 0.1) is 23.7 Å². The first-order chi connectivity index (χ1) is 10.4. The van der Waals surface area contributed by atoms with Gasteiger partial charge in [0, 0.05) is 5.69 Å². The standard InChI is InChI=1S/C14H17NO6S/c1-2-20-14(17)15-11-5-3-4-10(8-11)13(16)21-12-6-7-22(18,19)9-12/h3-5,8,12H,2,6-7,9H2,1H3,(H,15,17)/t12-/m1/s1. The monoisotopic (exact) mass is 327 g/mol. The number of ether oxygens (including phenoxy) is 2. The normalized spacial score (nSPS) is 19.4. The molecule has 1 N–H and O–H groups in total. The fourth-order valence-electron chi connectivity index (χ4n) is 2.08. The molecule has 1 saturated heterocycles. The fraction of sp³-hybridized carbons (Fsp3) is 0.429. The summed E-state index contributed by atoms with van der Waals surface area (Å²) in [4.78, 5) is 23.3. The molecule has 22 heavy (non-hydrogen) atoms. The van der Waals surface area contributed by atoms with E-state index in [2.05, 4.69) is 5.32 Å². The molecule has 0 bridgehead atoms. The zero-order valence-corrected chi connectivity index (χ0v) is 12.9. The third kappa shape index (κ3) is 4.45. The number of esters is 1. The number of rotatable bonds is 4. The smallest absolute Gasteiger partial charge is 0.411 e. The van der Waals surface area contributed by atoms with Gasteiger partial charge in [0.25, 0.3) is 0 Å². The molecule has 0 saturated carbocycles. The van der Waals surface area contributed by atoms with E-state index < -0.39 is 28.0 Å². The van der Waals surface area contributed by atoms with Crippen molar-refractivity contribution in [1.29, 1.82) is 0 Å². The van der Waals surface area contributed by atoms with E-state index in [1.54, 1.807) is 19.1 Å². The maximum atomic E-state index is 12.0. The van der Waals surface area contributed by atoms with E-state index in [0.29, 0.717) is 12.1 Å². The van der Waals surface area contributed by atoms with Crippen LogP contribution in [0.3, 0.4) is 0 Å². The van der Waals surface area contributed by atoms with E-state index in [1.807, 2.05) is 0 Å². The highest BCUT2D eigenvalue weighted by molar-refractivity contribution is 7.91. The maximum Gasteiger partial charge on any atom is 0.411 e. The van der Waals surface area contributed by atoms with Gasteiger partial charge in [0.1, 0.15) is 6.10 Å². The molecule has 0 radical (unpaired) electrons. The molecule has 0 unspecified atom stereocenters.